The largest absolute Gasteiger partial charge is 0.377 e. The summed E-state index contributed by atoms with van der Waals surface area (Å²) in [7, 11) is 0. The van der Waals surface area contributed by atoms with E-state index in [-0.39, 0.29) is 12.0 Å². The van der Waals surface area contributed by atoms with Gasteiger partial charge in [0.1, 0.15) is 0 Å². The van der Waals surface area contributed by atoms with Gasteiger partial charge in [-0.05, 0) is 19.8 Å². The number of carbonyl (C=O) groups is 1. The molecule has 2 rings (SSSR count). The van der Waals surface area contributed by atoms with Gasteiger partial charge in [0.15, 0.2) is 0 Å². The van der Waals surface area contributed by atoms with E-state index in [1.165, 1.54) is 0 Å². The lowest BCUT2D eigenvalue weighted by atomic mass is 9.97. The van der Waals surface area contributed by atoms with Crippen LogP contribution in [0.4, 0.5) is 0 Å². The second-order valence-corrected chi connectivity index (χ2v) is 4.85. The molecular weight excluding hydrogens is 204 g/mol. The van der Waals surface area contributed by atoms with Crippen LogP contribution in [0.2, 0.25) is 0 Å². The van der Waals surface area contributed by atoms with Gasteiger partial charge in [-0.15, -0.1) is 0 Å². The molecule has 0 aromatic rings. The Morgan fingerprint density at radius 3 is 3.06 bits per heavy atom. The van der Waals surface area contributed by atoms with Crippen LogP contribution in [0.5, 0.6) is 0 Å². The van der Waals surface area contributed by atoms with Crippen LogP contribution in [0.15, 0.2) is 0 Å². The number of nitrogens with one attached hydrogen (secondary N) is 1. The van der Waals surface area contributed by atoms with Gasteiger partial charge in [0.2, 0.25) is 5.91 Å². The summed E-state index contributed by atoms with van der Waals surface area (Å²) in [5.74, 6) is 0.410. The van der Waals surface area contributed by atoms with Crippen LogP contribution in [0.3, 0.4) is 0 Å². The lowest BCUT2D eigenvalue weighted by Gasteiger charge is -2.34. The van der Waals surface area contributed by atoms with Gasteiger partial charge in [0.05, 0.1) is 12.0 Å². The Kier molecular flexibility index (Phi) is 3.82. The van der Waals surface area contributed by atoms with E-state index in [0.29, 0.717) is 11.9 Å². The number of carbonyl (C=O) groups excluding carboxylic acids is 1. The van der Waals surface area contributed by atoms with Crippen LogP contribution in [0.1, 0.15) is 26.7 Å². The standard InChI is InChI=1S/C12H22N2O2/c1-3-11-10(4-7-16-11)12(15)14-6-5-13-9(2)8-14/h9-11,13H,3-8H2,1-2H3. The first-order valence-electron chi connectivity index (χ1n) is 6.36. The SMILES string of the molecule is CCC1OCCC1C(=O)N1CCNC(C)C1. The van der Waals surface area contributed by atoms with E-state index < -0.39 is 0 Å². The first-order chi connectivity index (χ1) is 7.72. The minimum absolute atomic E-state index is 0.107. The fourth-order valence-corrected chi connectivity index (χ4v) is 2.70. The zero-order valence-corrected chi connectivity index (χ0v) is 10.2. The predicted molar refractivity (Wildman–Crippen MR) is 62.2 cm³/mol. The molecule has 16 heavy (non-hydrogen) atoms. The van der Waals surface area contributed by atoms with Gasteiger partial charge in [-0.1, -0.05) is 6.92 Å². The van der Waals surface area contributed by atoms with Gasteiger partial charge < -0.3 is 15.0 Å². The Balaban J connectivity index is 1.95. The average Bonchev–Trinajstić information content (AvgIpc) is 2.76. The van der Waals surface area contributed by atoms with Crippen LogP contribution in [0.25, 0.3) is 0 Å². The highest BCUT2D eigenvalue weighted by atomic mass is 16.5. The normalized spacial score (nSPS) is 35.4. The molecule has 0 saturated carbocycles. The number of rotatable bonds is 2. The summed E-state index contributed by atoms with van der Waals surface area (Å²) >= 11 is 0. The molecule has 0 aromatic carbocycles. The van der Waals surface area contributed by atoms with E-state index in [1.54, 1.807) is 0 Å². The Morgan fingerprint density at radius 2 is 2.38 bits per heavy atom. The lowest BCUT2D eigenvalue weighted by molar-refractivity contribution is -0.138. The summed E-state index contributed by atoms with van der Waals surface area (Å²) in [5, 5.41) is 3.36. The molecule has 2 aliphatic rings. The van der Waals surface area contributed by atoms with E-state index in [9.17, 15) is 4.79 Å². The van der Waals surface area contributed by atoms with Gasteiger partial charge in [-0.3, -0.25) is 4.79 Å². The van der Waals surface area contributed by atoms with E-state index in [2.05, 4.69) is 19.2 Å². The Labute approximate surface area is 97.3 Å². The molecule has 0 bridgehead atoms. The molecule has 1 amide bonds. The molecule has 0 spiro atoms. The number of amides is 1. The van der Waals surface area contributed by atoms with Crippen molar-refractivity contribution in [2.24, 2.45) is 5.92 Å². The van der Waals surface area contributed by atoms with Crippen LogP contribution < -0.4 is 5.32 Å². The molecule has 2 aliphatic heterocycles. The number of ether oxygens (including phenoxy) is 1. The molecule has 92 valence electrons. The second kappa shape index (κ2) is 5.15. The van der Waals surface area contributed by atoms with Crippen molar-refractivity contribution in [2.45, 2.75) is 38.8 Å². The van der Waals surface area contributed by atoms with Crippen molar-refractivity contribution in [1.82, 2.24) is 10.2 Å². The summed E-state index contributed by atoms with van der Waals surface area (Å²) in [6.45, 7) is 7.56. The topological polar surface area (TPSA) is 41.6 Å². The smallest absolute Gasteiger partial charge is 0.228 e. The molecule has 3 unspecified atom stereocenters. The predicted octanol–water partition coefficient (Wildman–Crippen LogP) is 0.622. The van der Waals surface area contributed by atoms with Gasteiger partial charge in [-0.2, -0.15) is 0 Å². The molecule has 0 radical (unpaired) electrons. The zero-order valence-electron chi connectivity index (χ0n) is 10.2. The monoisotopic (exact) mass is 226 g/mol. The highest BCUT2D eigenvalue weighted by molar-refractivity contribution is 5.79. The minimum Gasteiger partial charge on any atom is -0.377 e. The van der Waals surface area contributed by atoms with Crippen LogP contribution >= 0.6 is 0 Å². The average molecular weight is 226 g/mol. The minimum atomic E-state index is 0.107. The van der Waals surface area contributed by atoms with Gasteiger partial charge in [-0.25, -0.2) is 0 Å². The van der Waals surface area contributed by atoms with Crippen molar-refractivity contribution >= 4 is 5.91 Å². The lowest BCUT2D eigenvalue weighted by Crippen LogP contribution is -2.53. The number of hydrogen-bond acceptors (Lipinski definition) is 3. The van der Waals surface area contributed by atoms with Crippen LogP contribution in [-0.4, -0.2) is 49.2 Å². The molecule has 2 fully saturated rings. The molecule has 2 heterocycles. The Bertz CT molecular complexity index is 257. The Hall–Kier alpha value is -0.610. The molecule has 2 saturated heterocycles. The summed E-state index contributed by atoms with van der Waals surface area (Å²) in [4.78, 5) is 14.3. The maximum atomic E-state index is 12.3. The van der Waals surface area contributed by atoms with Crippen LogP contribution in [0, 0.1) is 5.92 Å². The van der Waals surface area contributed by atoms with Crippen molar-refractivity contribution in [1.29, 1.82) is 0 Å². The molecule has 4 heteroatoms. The zero-order chi connectivity index (χ0) is 11.5. The molecule has 3 atom stereocenters. The fraction of sp³-hybridized carbons (Fsp3) is 0.917. The molecular formula is C12H22N2O2. The molecule has 0 aromatic heterocycles. The van der Waals surface area contributed by atoms with Crippen molar-refractivity contribution in [3.8, 4) is 0 Å². The molecule has 0 aliphatic carbocycles. The third-order valence-corrected chi connectivity index (χ3v) is 3.61. The fourth-order valence-electron chi connectivity index (χ4n) is 2.70. The maximum absolute atomic E-state index is 12.3. The first kappa shape index (κ1) is 11.9. The summed E-state index contributed by atoms with van der Waals surface area (Å²) in [5.41, 5.74) is 0. The molecule has 4 nitrogen and oxygen atoms in total. The van der Waals surface area contributed by atoms with E-state index in [0.717, 1.165) is 39.1 Å². The number of nitrogens with zero attached hydrogens (tertiary/aromatic N) is 1. The van der Waals surface area contributed by atoms with Crippen LogP contribution in [-0.2, 0) is 9.53 Å². The highest BCUT2D eigenvalue weighted by Crippen LogP contribution is 2.25. The van der Waals surface area contributed by atoms with Gasteiger partial charge in [0, 0.05) is 32.3 Å². The maximum Gasteiger partial charge on any atom is 0.228 e. The van der Waals surface area contributed by atoms with E-state index in [4.69, 9.17) is 4.74 Å². The summed E-state index contributed by atoms with van der Waals surface area (Å²) in [6, 6.07) is 0.417. The summed E-state index contributed by atoms with van der Waals surface area (Å²) < 4.78 is 5.59. The third-order valence-electron chi connectivity index (χ3n) is 3.61. The first-order valence-corrected chi connectivity index (χ1v) is 6.36. The third kappa shape index (κ3) is 2.38. The summed E-state index contributed by atoms with van der Waals surface area (Å²) in [6.07, 6.45) is 1.99. The van der Waals surface area contributed by atoms with Crippen molar-refractivity contribution in [3.63, 3.8) is 0 Å². The van der Waals surface area contributed by atoms with E-state index >= 15 is 0 Å². The number of piperazine rings is 1. The van der Waals surface area contributed by atoms with Crippen molar-refractivity contribution < 1.29 is 9.53 Å². The van der Waals surface area contributed by atoms with E-state index in [1.807, 2.05) is 4.90 Å². The molecule has 1 N–H and O–H groups in total. The van der Waals surface area contributed by atoms with Gasteiger partial charge >= 0.3 is 0 Å². The highest BCUT2D eigenvalue weighted by Gasteiger charge is 2.36. The number of hydrogen-bond donors (Lipinski definition) is 1. The second-order valence-electron chi connectivity index (χ2n) is 4.85. The quantitative estimate of drug-likeness (QED) is 0.750. The van der Waals surface area contributed by atoms with Gasteiger partial charge in [0.25, 0.3) is 0 Å². The van der Waals surface area contributed by atoms with Crippen molar-refractivity contribution in [2.75, 3.05) is 26.2 Å². The Morgan fingerprint density at radius 1 is 1.56 bits per heavy atom. The van der Waals surface area contributed by atoms with Crippen molar-refractivity contribution in [3.05, 3.63) is 0 Å².